The van der Waals surface area contributed by atoms with Crippen molar-refractivity contribution in [3.63, 3.8) is 0 Å². The Balaban J connectivity index is 2.30. The summed E-state index contributed by atoms with van der Waals surface area (Å²) in [5.74, 6) is -0.633. The third-order valence-electron chi connectivity index (χ3n) is 2.76. The highest BCUT2D eigenvalue weighted by Gasteiger charge is 2.10. The molecule has 0 radical (unpaired) electrons. The van der Waals surface area contributed by atoms with Crippen LogP contribution in [-0.2, 0) is 0 Å². The standard InChI is InChI=1S/C16H14O3/c1-11-7-8-13(15(18)9-11)16(19)10-14(17)12-5-3-2-4-6-12/h2-10,17-18H,1H3/b14-10-. The topological polar surface area (TPSA) is 57.5 Å². The summed E-state index contributed by atoms with van der Waals surface area (Å²) in [6.07, 6.45) is 1.11. The first-order valence-electron chi connectivity index (χ1n) is 5.88. The van der Waals surface area contributed by atoms with Crippen LogP contribution in [0.2, 0.25) is 0 Å². The zero-order chi connectivity index (χ0) is 13.8. The van der Waals surface area contributed by atoms with Crippen LogP contribution < -0.4 is 0 Å². The Morgan fingerprint density at radius 3 is 2.42 bits per heavy atom. The number of benzene rings is 2. The minimum absolute atomic E-state index is 0.0814. The Bertz CT molecular complexity index is 628. The lowest BCUT2D eigenvalue weighted by atomic mass is 10.1. The van der Waals surface area contributed by atoms with Crippen molar-refractivity contribution in [3.8, 4) is 5.75 Å². The molecule has 0 bridgehead atoms. The van der Waals surface area contributed by atoms with Crippen LogP contribution in [0.3, 0.4) is 0 Å². The summed E-state index contributed by atoms with van der Waals surface area (Å²) in [7, 11) is 0. The molecule has 0 aliphatic rings. The van der Waals surface area contributed by atoms with Gasteiger partial charge in [-0.15, -0.1) is 0 Å². The average Bonchev–Trinajstić information content (AvgIpc) is 2.39. The Kier molecular flexibility index (Phi) is 3.66. The average molecular weight is 254 g/mol. The largest absolute Gasteiger partial charge is 0.507 e. The molecule has 0 aromatic heterocycles. The van der Waals surface area contributed by atoms with E-state index in [1.54, 1.807) is 36.4 Å². The normalized spacial score (nSPS) is 11.3. The van der Waals surface area contributed by atoms with E-state index in [1.807, 2.05) is 13.0 Å². The zero-order valence-corrected chi connectivity index (χ0v) is 10.5. The van der Waals surface area contributed by atoms with E-state index in [9.17, 15) is 15.0 Å². The van der Waals surface area contributed by atoms with Crippen molar-refractivity contribution in [1.29, 1.82) is 0 Å². The number of aromatic hydroxyl groups is 1. The highest BCUT2D eigenvalue weighted by atomic mass is 16.3. The first-order valence-corrected chi connectivity index (χ1v) is 5.88. The molecule has 2 aromatic rings. The van der Waals surface area contributed by atoms with Gasteiger partial charge in [-0.3, -0.25) is 4.79 Å². The van der Waals surface area contributed by atoms with Gasteiger partial charge in [-0.1, -0.05) is 36.4 Å². The number of hydrogen-bond donors (Lipinski definition) is 2. The van der Waals surface area contributed by atoms with E-state index in [1.165, 1.54) is 6.07 Å². The summed E-state index contributed by atoms with van der Waals surface area (Å²) < 4.78 is 0. The minimum atomic E-state index is -0.432. The zero-order valence-electron chi connectivity index (χ0n) is 10.5. The number of ketones is 1. The predicted octanol–water partition coefficient (Wildman–Crippen LogP) is 3.48. The maximum Gasteiger partial charge on any atom is 0.193 e. The van der Waals surface area contributed by atoms with Gasteiger partial charge in [0.05, 0.1) is 5.56 Å². The lowest BCUT2D eigenvalue weighted by Gasteiger charge is -2.03. The van der Waals surface area contributed by atoms with Gasteiger partial charge in [0.25, 0.3) is 0 Å². The number of hydrogen-bond acceptors (Lipinski definition) is 3. The van der Waals surface area contributed by atoms with Gasteiger partial charge in [0.15, 0.2) is 5.78 Å². The van der Waals surface area contributed by atoms with Crippen molar-refractivity contribution < 1.29 is 15.0 Å². The van der Waals surface area contributed by atoms with Crippen LogP contribution in [0.25, 0.3) is 5.76 Å². The molecule has 0 heterocycles. The van der Waals surface area contributed by atoms with Gasteiger partial charge in [-0.2, -0.15) is 0 Å². The van der Waals surface area contributed by atoms with Crippen LogP contribution in [-0.4, -0.2) is 16.0 Å². The summed E-state index contributed by atoms with van der Waals surface area (Å²) in [6.45, 7) is 1.82. The highest BCUT2D eigenvalue weighted by Crippen LogP contribution is 2.21. The molecule has 3 heteroatoms. The van der Waals surface area contributed by atoms with Crippen LogP contribution in [0.15, 0.2) is 54.6 Å². The van der Waals surface area contributed by atoms with E-state index in [0.717, 1.165) is 11.6 Å². The molecule has 0 spiro atoms. The Labute approximate surface area is 111 Å². The fraction of sp³-hybridized carbons (Fsp3) is 0.0625. The van der Waals surface area contributed by atoms with Crippen molar-refractivity contribution in [1.82, 2.24) is 0 Å². The molecule has 96 valence electrons. The molecule has 0 atom stereocenters. The van der Waals surface area contributed by atoms with E-state index in [0.29, 0.717) is 5.56 Å². The lowest BCUT2D eigenvalue weighted by molar-refractivity contribution is 0.104. The van der Waals surface area contributed by atoms with Gasteiger partial charge in [-0.25, -0.2) is 0 Å². The number of aryl methyl sites for hydroxylation is 1. The third-order valence-corrected chi connectivity index (χ3v) is 2.76. The summed E-state index contributed by atoms with van der Waals surface area (Å²) >= 11 is 0. The molecule has 0 saturated heterocycles. The van der Waals surface area contributed by atoms with Crippen molar-refractivity contribution >= 4 is 11.5 Å². The number of allylic oxidation sites excluding steroid dienone is 1. The smallest absolute Gasteiger partial charge is 0.193 e. The van der Waals surface area contributed by atoms with Crippen molar-refractivity contribution in [2.24, 2.45) is 0 Å². The number of phenols is 1. The number of phenolic OH excluding ortho intramolecular Hbond substituents is 1. The Hall–Kier alpha value is -2.55. The second-order valence-corrected chi connectivity index (χ2v) is 4.28. The van der Waals surface area contributed by atoms with E-state index in [2.05, 4.69) is 0 Å². The quantitative estimate of drug-likeness (QED) is 0.501. The first-order chi connectivity index (χ1) is 9.08. The summed E-state index contributed by atoms with van der Waals surface area (Å²) in [5.41, 5.74) is 1.60. The van der Waals surface area contributed by atoms with Crippen LogP contribution in [0.1, 0.15) is 21.5 Å². The molecule has 3 nitrogen and oxygen atoms in total. The number of carbonyl (C=O) groups is 1. The van der Waals surface area contributed by atoms with Gasteiger partial charge in [0.1, 0.15) is 11.5 Å². The van der Waals surface area contributed by atoms with E-state index < -0.39 is 5.78 Å². The highest BCUT2D eigenvalue weighted by molar-refractivity contribution is 6.09. The molecule has 0 amide bonds. The first kappa shape index (κ1) is 12.9. The van der Waals surface area contributed by atoms with Crippen molar-refractivity contribution in [3.05, 3.63) is 71.3 Å². The molecule has 2 rings (SSSR count). The van der Waals surface area contributed by atoms with Crippen LogP contribution in [0.5, 0.6) is 5.75 Å². The Morgan fingerprint density at radius 1 is 1.11 bits per heavy atom. The molecule has 0 saturated carbocycles. The van der Waals surface area contributed by atoms with E-state index in [-0.39, 0.29) is 17.1 Å². The van der Waals surface area contributed by atoms with Gasteiger partial charge < -0.3 is 10.2 Å². The lowest BCUT2D eigenvalue weighted by Crippen LogP contribution is -1.97. The molecule has 0 aliphatic heterocycles. The summed E-state index contributed by atoms with van der Waals surface area (Å²) in [6, 6.07) is 13.6. The summed E-state index contributed by atoms with van der Waals surface area (Å²) in [5, 5.41) is 19.6. The van der Waals surface area contributed by atoms with Gasteiger partial charge in [-0.05, 0) is 24.6 Å². The van der Waals surface area contributed by atoms with Gasteiger partial charge in [0, 0.05) is 11.6 Å². The molecule has 19 heavy (non-hydrogen) atoms. The second-order valence-electron chi connectivity index (χ2n) is 4.28. The SMILES string of the molecule is Cc1ccc(C(=O)/C=C(\O)c2ccccc2)c(O)c1. The molecule has 2 aromatic carbocycles. The fourth-order valence-electron chi connectivity index (χ4n) is 1.74. The number of aliphatic hydroxyl groups excluding tert-OH is 1. The van der Waals surface area contributed by atoms with Crippen LogP contribution in [0, 0.1) is 6.92 Å². The van der Waals surface area contributed by atoms with Crippen LogP contribution >= 0.6 is 0 Å². The van der Waals surface area contributed by atoms with Crippen molar-refractivity contribution in [2.75, 3.05) is 0 Å². The van der Waals surface area contributed by atoms with E-state index in [4.69, 9.17) is 0 Å². The third kappa shape index (κ3) is 3.01. The Morgan fingerprint density at radius 2 is 1.79 bits per heavy atom. The monoisotopic (exact) mass is 254 g/mol. The molecule has 0 fully saturated rings. The maximum atomic E-state index is 12.0. The fourth-order valence-corrected chi connectivity index (χ4v) is 1.74. The summed E-state index contributed by atoms with van der Waals surface area (Å²) in [4.78, 5) is 12.0. The number of aliphatic hydroxyl groups is 1. The maximum absolute atomic E-state index is 12.0. The predicted molar refractivity (Wildman–Crippen MR) is 74.2 cm³/mol. The molecular formula is C16H14O3. The second kappa shape index (κ2) is 5.40. The molecule has 2 N–H and O–H groups in total. The van der Waals surface area contributed by atoms with Gasteiger partial charge in [0.2, 0.25) is 0 Å². The van der Waals surface area contributed by atoms with Gasteiger partial charge >= 0.3 is 0 Å². The minimum Gasteiger partial charge on any atom is -0.507 e. The molecular weight excluding hydrogens is 240 g/mol. The number of rotatable bonds is 3. The molecule has 0 aliphatic carbocycles. The van der Waals surface area contributed by atoms with Crippen molar-refractivity contribution in [2.45, 2.75) is 6.92 Å². The number of carbonyl (C=O) groups excluding carboxylic acids is 1. The van der Waals surface area contributed by atoms with E-state index >= 15 is 0 Å². The van der Waals surface area contributed by atoms with Crippen LogP contribution in [0.4, 0.5) is 0 Å². The molecule has 0 unspecified atom stereocenters.